The summed E-state index contributed by atoms with van der Waals surface area (Å²) in [6.45, 7) is 1.30. The molecule has 0 saturated carbocycles. The average molecular weight is 512 g/mol. The molecule has 3 aromatic carbocycles. The number of imide groups is 2. The number of benzene rings is 3. The molecule has 0 radical (unpaired) electrons. The maximum Gasteiger partial charge on any atom is 0.334 e. The Hall–Kier alpha value is -4.59. The van der Waals surface area contributed by atoms with Crippen LogP contribution in [0.25, 0.3) is 0 Å². The number of carbonyl (C=O) groups excluding carboxylic acids is 5. The van der Waals surface area contributed by atoms with Crippen molar-refractivity contribution in [2.45, 2.75) is 32.4 Å². The van der Waals surface area contributed by atoms with Crippen LogP contribution in [0, 0.1) is 5.92 Å². The molecular weight excluding hydrogens is 482 g/mol. The zero-order valence-electron chi connectivity index (χ0n) is 21.1. The summed E-state index contributed by atoms with van der Waals surface area (Å²) >= 11 is 0. The molecule has 8 heteroatoms. The molecule has 5 amide bonds. The predicted octanol–water partition coefficient (Wildman–Crippen LogP) is 3.15. The Morgan fingerprint density at radius 1 is 0.763 bits per heavy atom. The molecule has 2 atom stereocenters. The third-order valence-electron chi connectivity index (χ3n) is 6.47. The van der Waals surface area contributed by atoms with Gasteiger partial charge in [0.15, 0.2) is 11.7 Å². The molecule has 1 aliphatic rings. The van der Waals surface area contributed by atoms with Gasteiger partial charge in [-0.2, -0.15) is 0 Å². The van der Waals surface area contributed by atoms with Crippen molar-refractivity contribution in [2.75, 3.05) is 6.54 Å². The quantitative estimate of drug-likeness (QED) is 0.421. The zero-order valence-corrected chi connectivity index (χ0v) is 21.1. The van der Waals surface area contributed by atoms with Crippen LogP contribution in [0.4, 0.5) is 4.79 Å². The highest BCUT2D eigenvalue weighted by Gasteiger charge is 2.51. The van der Waals surface area contributed by atoms with E-state index in [1.807, 2.05) is 36.4 Å². The van der Waals surface area contributed by atoms with Crippen molar-refractivity contribution in [1.82, 2.24) is 15.1 Å². The molecule has 1 N–H and O–H groups in total. The van der Waals surface area contributed by atoms with Crippen molar-refractivity contribution in [3.8, 4) is 0 Å². The number of rotatable bonds is 10. The minimum absolute atomic E-state index is 0.0352. The molecule has 4 rings (SSSR count). The van der Waals surface area contributed by atoms with Crippen molar-refractivity contribution in [3.05, 3.63) is 108 Å². The maximum absolute atomic E-state index is 13.7. The molecule has 2 unspecified atom stereocenters. The van der Waals surface area contributed by atoms with Crippen LogP contribution in [0.15, 0.2) is 91.0 Å². The summed E-state index contributed by atoms with van der Waals surface area (Å²) in [6.07, 6.45) is 0.592. The van der Waals surface area contributed by atoms with E-state index in [0.29, 0.717) is 12.0 Å². The molecule has 0 spiro atoms. The van der Waals surface area contributed by atoms with Crippen LogP contribution in [-0.2, 0) is 38.6 Å². The Kier molecular flexibility index (Phi) is 8.43. The Bertz CT molecular complexity index is 1310. The van der Waals surface area contributed by atoms with Gasteiger partial charge >= 0.3 is 6.03 Å². The molecule has 38 heavy (non-hydrogen) atoms. The van der Waals surface area contributed by atoms with E-state index in [2.05, 4.69) is 5.32 Å². The standard InChI is InChI=1S/C30H29N3O5/c1-21(34)26-28(36)32(20-24-15-9-4-10-16-24)30(38)33(29(26)37)25(19-23-13-7-3-8-14-23)27(35)31-18-17-22-11-5-2-6-12-22/h2-16,25-26H,17-20H2,1H3,(H,31,35). The van der Waals surface area contributed by atoms with Gasteiger partial charge in [0.1, 0.15) is 6.04 Å². The lowest BCUT2D eigenvalue weighted by atomic mass is 9.95. The zero-order chi connectivity index (χ0) is 27.1. The van der Waals surface area contributed by atoms with Gasteiger partial charge in [-0.15, -0.1) is 0 Å². The monoisotopic (exact) mass is 511 g/mol. The van der Waals surface area contributed by atoms with Crippen molar-refractivity contribution < 1.29 is 24.0 Å². The van der Waals surface area contributed by atoms with Crippen molar-refractivity contribution in [2.24, 2.45) is 5.92 Å². The van der Waals surface area contributed by atoms with Crippen LogP contribution in [0.3, 0.4) is 0 Å². The molecular formula is C30H29N3O5. The number of hydrogen-bond acceptors (Lipinski definition) is 5. The topological polar surface area (TPSA) is 104 Å². The molecule has 1 heterocycles. The van der Waals surface area contributed by atoms with Gasteiger partial charge in [-0.3, -0.25) is 24.1 Å². The molecule has 3 aromatic rings. The fourth-order valence-corrected chi connectivity index (χ4v) is 4.50. The molecule has 0 bridgehead atoms. The van der Waals surface area contributed by atoms with E-state index in [0.717, 1.165) is 27.9 Å². The molecule has 0 aromatic heterocycles. The summed E-state index contributed by atoms with van der Waals surface area (Å²) in [7, 11) is 0. The van der Waals surface area contributed by atoms with Crippen LogP contribution in [-0.4, -0.2) is 51.9 Å². The minimum Gasteiger partial charge on any atom is -0.354 e. The first-order valence-corrected chi connectivity index (χ1v) is 12.4. The SMILES string of the molecule is CC(=O)C1C(=O)N(Cc2ccccc2)C(=O)N(C(Cc2ccccc2)C(=O)NCCc2ccccc2)C1=O. The van der Waals surface area contributed by atoms with Crippen LogP contribution < -0.4 is 5.32 Å². The lowest BCUT2D eigenvalue weighted by Gasteiger charge is -2.39. The number of urea groups is 1. The highest BCUT2D eigenvalue weighted by atomic mass is 16.2. The van der Waals surface area contributed by atoms with E-state index >= 15 is 0 Å². The van der Waals surface area contributed by atoms with E-state index in [1.165, 1.54) is 0 Å². The van der Waals surface area contributed by atoms with E-state index in [-0.39, 0.29) is 19.5 Å². The van der Waals surface area contributed by atoms with Crippen LogP contribution in [0.2, 0.25) is 0 Å². The highest BCUT2D eigenvalue weighted by molar-refractivity contribution is 6.26. The van der Waals surface area contributed by atoms with Crippen molar-refractivity contribution >= 4 is 29.5 Å². The summed E-state index contributed by atoms with van der Waals surface area (Å²) in [6, 6.07) is 25.2. The number of nitrogens with zero attached hydrogens (tertiary/aromatic N) is 2. The Labute approximate surface area is 221 Å². The molecule has 0 aliphatic carbocycles. The molecule has 8 nitrogen and oxygen atoms in total. The molecule has 1 saturated heterocycles. The average Bonchev–Trinajstić information content (AvgIpc) is 2.92. The molecule has 1 aliphatic heterocycles. The second kappa shape index (κ2) is 12.1. The van der Waals surface area contributed by atoms with Crippen LogP contribution >= 0.6 is 0 Å². The van der Waals surface area contributed by atoms with E-state index < -0.39 is 41.5 Å². The van der Waals surface area contributed by atoms with Crippen molar-refractivity contribution in [3.63, 3.8) is 0 Å². The predicted molar refractivity (Wildman–Crippen MR) is 140 cm³/mol. The first-order chi connectivity index (χ1) is 18.4. The van der Waals surface area contributed by atoms with E-state index in [4.69, 9.17) is 0 Å². The second-order valence-corrected chi connectivity index (χ2v) is 9.18. The van der Waals surface area contributed by atoms with Crippen molar-refractivity contribution in [1.29, 1.82) is 0 Å². The molecule has 1 fully saturated rings. The first kappa shape index (κ1) is 26.5. The lowest BCUT2D eigenvalue weighted by Crippen LogP contribution is -2.66. The summed E-state index contributed by atoms with van der Waals surface area (Å²) in [5, 5.41) is 2.84. The fourth-order valence-electron chi connectivity index (χ4n) is 4.50. The third kappa shape index (κ3) is 6.03. The smallest absolute Gasteiger partial charge is 0.334 e. The van der Waals surface area contributed by atoms with E-state index in [1.54, 1.807) is 54.6 Å². The maximum atomic E-state index is 13.7. The summed E-state index contributed by atoms with van der Waals surface area (Å²) in [5.74, 6) is -4.76. The lowest BCUT2D eigenvalue weighted by molar-refractivity contribution is -0.156. The summed E-state index contributed by atoms with van der Waals surface area (Å²) in [4.78, 5) is 67.9. The number of nitrogens with one attached hydrogen (secondary N) is 1. The van der Waals surface area contributed by atoms with Gasteiger partial charge in [-0.1, -0.05) is 91.0 Å². The van der Waals surface area contributed by atoms with Crippen LogP contribution in [0.5, 0.6) is 0 Å². The largest absolute Gasteiger partial charge is 0.354 e. The Morgan fingerprint density at radius 3 is 1.84 bits per heavy atom. The first-order valence-electron chi connectivity index (χ1n) is 12.4. The highest BCUT2D eigenvalue weighted by Crippen LogP contribution is 2.25. The van der Waals surface area contributed by atoms with Gasteiger partial charge in [-0.05, 0) is 30.0 Å². The Balaban J connectivity index is 1.65. The number of hydrogen-bond donors (Lipinski definition) is 1. The number of carbonyl (C=O) groups is 5. The van der Waals surface area contributed by atoms with Gasteiger partial charge in [-0.25, -0.2) is 9.69 Å². The number of amides is 5. The minimum atomic E-state index is -1.69. The number of Topliss-reactive ketones (excluding diaryl/α,β-unsaturated/α-hetero) is 1. The summed E-state index contributed by atoms with van der Waals surface area (Å²) < 4.78 is 0. The van der Waals surface area contributed by atoms with Gasteiger partial charge in [0, 0.05) is 13.0 Å². The second-order valence-electron chi connectivity index (χ2n) is 9.18. The number of barbiturate groups is 1. The molecule has 194 valence electrons. The van der Waals surface area contributed by atoms with Crippen LogP contribution in [0.1, 0.15) is 23.6 Å². The Morgan fingerprint density at radius 2 is 1.29 bits per heavy atom. The van der Waals surface area contributed by atoms with Gasteiger partial charge < -0.3 is 5.32 Å². The normalized spacial score (nSPS) is 16.3. The van der Waals surface area contributed by atoms with Gasteiger partial charge in [0.05, 0.1) is 6.54 Å². The van der Waals surface area contributed by atoms with Gasteiger partial charge in [0.2, 0.25) is 5.91 Å². The fraction of sp³-hybridized carbons (Fsp3) is 0.233. The number of ketones is 1. The van der Waals surface area contributed by atoms with E-state index in [9.17, 15) is 24.0 Å². The van der Waals surface area contributed by atoms with Gasteiger partial charge in [0.25, 0.3) is 11.8 Å². The summed E-state index contributed by atoms with van der Waals surface area (Å²) in [5.41, 5.74) is 2.40. The third-order valence-corrected chi connectivity index (χ3v) is 6.47.